The van der Waals surface area contributed by atoms with E-state index in [1.165, 1.54) is 11.1 Å². The molecular formula is C20H26N4O3. The molecule has 1 N–H and O–H groups in total. The lowest BCUT2D eigenvalue weighted by Crippen LogP contribution is -2.47. The van der Waals surface area contributed by atoms with Crippen molar-refractivity contribution in [1.82, 2.24) is 9.97 Å². The molecule has 0 aliphatic carbocycles. The Kier molecular flexibility index (Phi) is 4.78. The first-order valence-electron chi connectivity index (χ1n) is 9.34. The number of rotatable bonds is 4. The Morgan fingerprint density at radius 3 is 2.59 bits per heavy atom. The second-order valence-corrected chi connectivity index (χ2v) is 6.94. The molecule has 1 spiro atoms. The molecule has 0 radical (unpaired) electrons. The van der Waals surface area contributed by atoms with Crippen LogP contribution >= 0.6 is 0 Å². The molecule has 1 aromatic heterocycles. The minimum Gasteiger partial charge on any atom is -0.493 e. The van der Waals surface area contributed by atoms with Crippen LogP contribution in [0.5, 0.6) is 11.5 Å². The molecule has 27 heavy (non-hydrogen) atoms. The van der Waals surface area contributed by atoms with E-state index in [9.17, 15) is 0 Å². The quantitative estimate of drug-likeness (QED) is 0.887. The molecule has 1 saturated heterocycles. The Labute approximate surface area is 159 Å². The highest BCUT2D eigenvalue weighted by atomic mass is 16.5. The lowest BCUT2D eigenvalue weighted by Gasteiger charge is -2.45. The highest BCUT2D eigenvalue weighted by Gasteiger charge is 2.42. The minimum absolute atomic E-state index is 0.274. The van der Waals surface area contributed by atoms with Gasteiger partial charge in [-0.3, -0.25) is 0 Å². The van der Waals surface area contributed by atoms with Crippen LogP contribution in [0, 0.1) is 0 Å². The van der Waals surface area contributed by atoms with Crippen molar-refractivity contribution in [3.8, 4) is 11.5 Å². The number of anilines is 2. The summed E-state index contributed by atoms with van der Waals surface area (Å²) in [4.78, 5) is 11.2. The van der Waals surface area contributed by atoms with E-state index in [-0.39, 0.29) is 5.60 Å². The Hall–Kier alpha value is -2.54. The van der Waals surface area contributed by atoms with E-state index in [0.717, 1.165) is 62.2 Å². The van der Waals surface area contributed by atoms with Gasteiger partial charge in [-0.05, 0) is 48.6 Å². The molecule has 2 aliphatic rings. The highest BCUT2D eigenvalue weighted by molar-refractivity contribution is 5.51. The molecule has 7 heteroatoms. The van der Waals surface area contributed by atoms with Crippen LogP contribution in [0.25, 0.3) is 0 Å². The molecule has 1 fully saturated rings. The molecule has 0 amide bonds. The van der Waals surface area contributed by atoms with Crippen molar-refractivity contribution in [2.45, 2.75) is 24.9 Å². The first-order chi connectivity index (χ1) is 13.2. The SMILES string of the molecule is CNc1ccnc(N2CCC3(CC2)OCCc2cc(OC)c(OC)cc23)n1. The molecular weight excluding hydrogens is 344 g/mol. The Morgan fingerprint density at radius 2 is 1.89 bits per heavy atom. The molecule has 2 aliphatic heterocycles. The van der Waals surface area contributed by atoms with Gasteiger partial charge < -0.3 is 24.4 Å². The van der Waals surface area contributed by atoms with Crippen molar-refractivity contribution in [3.63, 3.8) is 0 Å². The van der Waals surface area contributed by atoms with Gasteiger partial charge in [0.15, 0.2) is 11.5 Å². The smallest absolute Gasteiger partial charge is 0.227 e. The molecule has 0 saturated carbocycles. The van der Waals surface area contributed by atoms with Gasteiger partial charge in [0.25, 0.3) is 0 Å². The molecule has 0 bridgehead atoms. The summed E-state index contributed by atoms with van der Waals surface area (Å²) >= 11 is 0. The van der Waals surface area contributed by atoms with Gasteiger partial charge in [0, 0.05) is 26.3 Å². The summed E-state index contributed by atoms with van der Waals surface area (Å²) < 4.78 is 17.4. The highest BCUT2D eigenvalue weighted by Crippen LogP contribution is 2.45. The number of fused-ring (bicyclic) bond motifs is 2. The largest absolute Gasteiger partial charge is 0.493 e. The van der Waals surface area contributed by atoms with Crippen LogP contribution < -0.4 is 19.7 Å². The topological polar surface area (TPSA) is 68.7 Å². The fourth-order valence-corrected chi connectivity index (χ4v) is 4.11. The summed E-state index contributed by atoms with van der Waals surface area (Å²) in [6.07, 6.45) is 4.47. The predicted octanol–water partition coefficient (Wildman–Crippen LogP) is 2.60. The zero-order chi connectivity index (χ0) is 18.9. The van der Waals surface area contributed by atoms with Gasteiger partial charge in [-0.15, -0.1) is 0 Å². The third-order valence-corrected chi connectivity index (χ3v) is 5.60. The minimum atomic E-state index is -0.274. The van der Waals surface area contributed by atoms with E-state index in [1.54, 1.807) is 20.4 Å². The van der Waals surface area contributed by atoms with Crippen molar-refractivity contribution in [1.29, 1.82) is 0 Å². The number of hydrogen-bond acceptors (Lipinski definition) is 7. The van der Waals surface area contributed by atoms with Gasteiger partial charge in [0.05, 0.1) is 26.4 Å². The van der Waals surface area contributed by atoms with E-state index in [2.05, 4.69) is 32.3 Å². The number of piperidine rings is 1. The van der Waals surface area contributed by atoms with Crippen molar-refractivity contribution in [2.24, 2.45) is 0 Å². The number of methoxy groups -OCH3 is 2. The van der Waals surface area contributed by atoms with Crippen molar-refractivity contribution < 1.29 is 14.2 Å². The van der Waals surface area contributed by atoms with Crippen LogP contribution in [-0.4, -0.2) is 50.9 Å². The third-order valence-electron chi connectivity index (χ3n) is 5.60. The molecule has 0 unspecified atom stereocenters. The van der Waals surface area contributed by atoms with E-state index >= 15 is 0 Å². The molecule has 144 valence electrons. The van der Waals surface area contributed by atoms with E-state index in [4.69, 9.17) is 14.2 Å². The van der Waals surface area contributed by atoms with E-state index < -0.39 is 0 Å². The van der Waals surface area contributed by atoms with Crippen LogP contribution in [-0.2, 0) is 16.8 Å². The molecule has 1 aromatic carbocycles. The second kappa shape index (κ2) is 7.23. The lowest BCUT2D eigenvalue weighted by atomic mass is 9.79. The second-order valence-electron chi connectivity index (χ2n) is 6.94. The number of hydrogen-bond donors (Lipinski definition) is 1. The first kappa shape index (κ1) is 17.9. The fraction of sp³-hybridized carbons (Fsp3) is 0.500. The fourth-order valence-electron chi connectivity index (χ4n) is 4.11. The zero-order valence-corrected chi connectivity index (χ0v) is 16.1. The van der Waals surface area contributed by atoms with E-state index in [0.29, 0.717) is 0 Å². The Bertz CT molecular complexity index is 819. The van der Waals surface area contributed by atoms with Crippen LogP contribution in [0.1, 0.15) is 24.0 Å². The monoisotopic (exact) mass is 370 g/mol. The summed E-state index contributed by atoms with van der Waals surface area (Å²) in [5.41, 5.74) is 2.25. The number of nitrogens with zero attached hydrogens (tertiary/aromatic N) is 3. The molecule has 7 nitrogen and oxygen atoms in total. The van der Waals surface area contributed by atoms with Gasteiger partial charge >= 0.3 is 0 Å². The summed E-state index contributed by atoms with van der Waals surface area (Å²) in [6, 6.07) is 6.07. The van der Waals surface area contributed by atoms with Crippen molar-refractivity contribution in [3.05, 3.63) is 35.5 Å². The summed E-state index contributed by atoms with van der Waals surface area (Å²) in [7, 11) is 5.22. The Morgan fingerprint density at radius 1 is 1.15 bits per heavy atom. The Balaban J connectivity index is 1.60. The molecule has 3 heterocycles. The van der Waals surface area contributed by atoms with Crippen LogP contribution in [0.2, 0.25) is 0 Å². The van der Waals surface area contributed by atoms with E-state index in [1.807, 2.05) is 13.1 Å². The average molecular weight is 370 g/mol. The normalized spacial score (nSPS) is 18.1. The molecule has 4 rings (SSSR count). The van der Waals surface area contributed by atoms with Crippen molar-refractivity contribution in [2.75, 3.05) is 51.2 Å². The lowest BCUT2D eigenvalue weighted by molar-refractivity contribution is -0.0769. The molecule has 0 atom stereocenters. The average Bonchev–Trinajstić information content (AvgIpc) is 2.73. The zero-order valence-electron chi connectivity index (χ0n) is 16.1. The predicted molar refractivity (Wildman–Crippen MR) is 104 cm³/mol. The number of nitrogens with one attached hydrogen (secondary N) is 1. The summed E-state index contributed by atoms with van der Waals surface area (Å²) in [6.45, 7) is 2.43. The van der Waals surface area contributed by atoms with Gasteiger partial charge in [-0.2, -0.15) is 4.98 Å². The molecule has 2 aromatic rings. The van der Waals surface area contributed by atoms with Crippen molar-refractivity contribution >= 4 is 11.8 Å². The third kappa shape index (κ3) is 3.16. The van der Waals surface area contributed by atoms with Crippen LogP contribution in [0.4, 0.5) is 11.8 Å². The van der Waals surface area contributed by atoms with Crippen LogP contribution in [0.3, 0.4) is 0 Å². The summed E-state index contributed by atoms with van der Waals surface area (Å²) in [5, 5.41) is 3.07. The van der Waals surface area contributed by atoms with Gasteiger partial charge in [-0.1, -0.05) is 0 Å². The van der Waals surface area contributed by atoms with Gasteiger partial charge in [0.2, 0.25) is 5.95 Å². The van der Waals surface area contributed by atoms with Gasteiger partial charge in [0.1, 0.15) is 5.82 Å². The van der Waals surface area contributed by atoms with Crippen LogP contribution in [0.15, 0.2) is 24.4 Å². The van der Waals surface area contributed by atoms with Gasteiger partial charge in [-0.25, -0.2) is 4.98 Å². The number of benzene rings is 1. The maximum Gasteiger partial charge on any atom is 0.227 e. The summed E-state index contributed by atoms with van der Waals surface area (Å²) in [5.74, 6) is 3.13. The number of ether oxygens (including phenoxy) is 3. The maximum atomic E-state index is 6.36. The first-order valence-corrected chi connectivity index (χ1v) is 9.34. The maximum absolute atomic E-state index is 6.36. The standard InChI is InChI=1S/C20H26N4O3/c1-21-18-4-8-22-19(23-18)24-9-6-20(7-10-24)15-13-17(26-3)16(25-2)12-14(15)5-11-27-20/h4,8,12-13H,5-7,9-11H2,1-3H3,(H,21,22,23). The number of aromatic nitrogens is 2.